The SMILES string of the molecule is NS(=O)(=O)c1ccc(C2=CC(CF)C=C2c2ccc(C(F)(F)F)cc2)cn1. The molecule has 1 heterocycles. The maximum atomic E-state index is 13.2. The van der Waals surface area contributed by atoms with Crippen LogP contribution in [-0.2, 0) is 16.2 Å². The van der Waals surface area contributed by atoms with Crippen molar-refractivity contribution in [1.82, 2.24) is 4.98 Å². The smallest absolute Gasteiger partial charge is 0.250 e. The number of sulfonamides is 1. The van der Waals surface area contributed by atoms with Crippen molar-refractivity contribution >= 4 is 21.2 Å². The summed E-state index contributed by atoms with van der Waals surface area (Å²) in [7, 11) is -3.95. The first-order valence-corrected chi connectivity index (χ1v) is 9.31. The summed E-state index contributed by atoms with van der Waals surface area (Å²) in [4.78, 5) is 3.80. The number of hydrogen-bond acceptors (Lipinski definition) is 3. The molecule has 1 aliphatic carbocycles. The number of primary sulfonamides is 1. The number of alkyl halides is 4. The van der Waals surface area contributed by atoms with Gasteiger partial charge in [-0.1, -0.05) is 24.3 Å². The fourth-order valence-electron chi connectivity index (χ4n) is 2.80. The van der Waals surface area contributed by atoms with Gasteiger partial charge in [0.1, 0.15) is 0 Å². The Labute approximate surface area is 153 Å². The first-order chi connectivity index (χ1) is 12.6. The van der Waals surface area contributed by atoms with E-state index in [1.54, 1.807) is 12.2 Å². The third-order valence-electron chi connectivity index (χ3n) is 4.09. The fraction of sp³-hybridized carbons (Fsp3) is 0.167. The molecule has 0 spiro atoms. The number of pyridine rings is 1. The van der Waals surface area contributed by atoms with E-state index < -0.39 is 34.4 Å². The zero-order valence-electron chi connectivity index (χ0n) is 13.7. The molecule has 1 aliphatic rings. The van der Waals surface area contributed by atoms with E-state index in [1.807, 2.05) is 0 Å². The molecule has 0 fully saturated rings. The molecule has 1 aromatic heterocycles. The van der Waals surface area contributed by atoms with E-state index in [0.29, 0.717) is 22.3 Å². The number of aromatic nitrogens is 1. The molecule has 27 heavy (non-hydrogen) atoms. The summed E-state index contributed by atoms with van der Waals surface area (Å²) in [6.45, 7) is -0.670. The normalized spacial score (nSPS) is 17.6. The summed E-state index contributed by atoms with van der Waals surface area (Å²) in [5, 5.41) is 4.70. The first kappa shape index (κ1) is 19.2. The Kier molecular flexibility index (Phi) is 4.92. The van der Waals surface area contributed by atoms with Crippen LogP contribution >= 0.6 is 0 Å². The van der Waals surface area contributed by atoms with Crippen molar-refractivity contribution in [2.45, 2.75) is 11.2 Å². The summed E-state index contributed by atoms with van der Waals surface area (Å²) in [5.41, 5.74) is 1.32. The highest BCUT2D eigenvalue weighted by molar-refractivity contribution is 7.89. The lowest BCUT2D eigenvalue weighted by molar-refractivity contribution is -0.137. The van der Waals surface area contributed by atoms with Crippen LogP contribution in [0.25, 0.3) is 11.1 Å². The summed E-state index contributed by atoms with van der Waals surface area (Å²) >= 11 is 0. The minimum atomic E-state index is -4.45. The molecule has 4 nitrogen and oxygen atoms in total. The Morgan fingerprint density at radius 3 is 1.96 bits per heavy atom. The van der Waals surface area contributed by atoms with E-state index in [1.165, 1.54) is 30.5 Å². The Morgan fingerprint density at radius 2 is 1.52 bits per heavy atom. The van der Waals surface area contributed by atoms with Crippen LogP contribution in [0.5, 0.6) is 0 Å². The molecule has 1 aromatic carbocycles. The molecule has 0 aliphatic heterocycles. The quantitative estimate of drug-likeness (QED) is 0.796. The van der Waals surface area contributed by atoms with Gasteiger partial charge in [-0.15, -0.1) is 0 Å². The number of nitrogens with zero attached hydrogens (tertiary/aromatic N) is 1. The van der Waals surface area contributed by atoms with Crippen LogP contribution in [0.15, 0.2) is 59.8 Å². The van der Waals surface area contributed by atoms with Crippen molar-refractivity contribution in [3.8, 4) is 0 Å². The van der Waals surface area contributed by atoms with Crippen molar-refractivity contribution in [1.29, 1.82) is 0 Å². The molecule has 1 unspecified atom stereocenters. The third-order valence-corrected chi connectivity index (χ3v) is 4.92. The lowest BCUT2D eigenvalue weighted by Gasteiger charge is -2.12. The van der Waals surface area contributed by atoms with E-state index >= 15 is 0 Å². The fourth-order valence-corrected chi connectivity index (χ4v) is 3.25. The van der Waals surface area contributed by atoms with E-state index in [-0.39, 0.29) is 5.03 Å². The number of nitrogens with two attached hydrogens (primary N) is 1. The van der Waals surface area contributed by atoms with E-state index in [9.17, 15) is 26.0 Å². The molecule has 2 aromatic rings. The van der Waals surface area contributed by atoms with Gasteiger partial charge in [0.25, 0.3) is 10.0 Å². The molecule has 0 radical (unpaired) electrons. The van der Waals surface area contributed by atoms with Crippen LogP contribution in [0.4, 0.5) is 17.6 Å². The molecule has 9 heteroatoms. The van der Waals surface area contributed by atoms with Crippen LogP contribution in [0.1, 0.15) is 16.7 Å². The van der Waals surface area contributed by atoms with Crippen molar-refractivity contribution in [3.63, 3.8) is 0 Å². The zero-order valence-corrected chi connectivity index (χ0v) is 14.6. The topological polar surface area (TPSA) is 73.1 Å². The van der Waals surface area contributed by atoms with E-state index in [0.717, 1.165) is 12.1 Å². The minimum Gasteiger partial charge on any atom is -0.250 e. The Hall–Kier alpha value is -2.52. The van der Waals surface area contributed by atoms with Gasteiger partial charge in [0.2, 0.25) is 0 Å². The van der Waals surface area contributed by atoms with Crippen molar-refractivity contribution in [2.24, 2.45) is 11.1 Å². The molecule has 3 rings (SSSR count). The second kappa shape index (κ2) is 6.90. The molecular formula is C18H14F4N2O2S. The van der Waals surface area contributed by atoms with Crippen molar-refractivity contribution in [3.05, 3.63) is 71.4 Å². The number of benzene rings is 1. The van der Waals surface area contributed by atoms with Gasteiger partial charge in [-0.05, 0) is 41.0 Å². The van der Waals surface area contributed by atoms with Gasteiger partial charge in [-0.2, -0.15) is 13.2 Å². The highest BCUT2D eigenvalue weighted by atomic mass is 32.2. The van der Waals surface area contributed by atoms with Gasteiger partial charge in [-0.25, -0.2) is 18.5 Å². The predicted molar refractivity (Wildman–Crippen MR) is 92.5 cm³/mol. The highest BCUT2D eigenvalue weighted by Gasteiger charge is 2.30. The molecule has 0 amide bonds. The van der Waals surface area contributed by atoms with Crippen molar-refractivity contribution in [2.75, 3.05) is 6.67 Å². The van der Waals surface area contributed by atoms with Gasteiger partial charge in [0, 0.05) is 17.7 Å². The van der Waals surface area contributed by atoms with Crippen molar-refractivity contribution < 1.29 is 26.0 Å². The Bertz CT molecular complexity index is 1010. The Morgan fingerprint density at radius 1 is 0.963 bits per heavy atom. The number of halogens is 4. The number of allylic oxidation sites excluding steroid dienone is 4. The lowest BCUT2D eigenvalue weighted by Crippen LogP contribution is -2.13. The summed E-state index contributed by atoms with van der Waals surface area (Å²) in [5.74, 6) is -0.532. The first-order valence-electron chi connectivity index (χ1n) is 7.76. The molecule has 2 N–H and O–H groups in total. The molecule has 142 valence electrons. The van der Waals surface area contributed by atoms with E-state index in [4.69, 9.17) is 5.14 Å². The van der Waals surface area contributed by atoms with Gasteiger partial charge in [0.05, 0.1) is 12.2 Å². The molecule has 0 bridgehead atoms. The summed E-state index contributed by atoms with van der Waals surface area (Å²) < 4.78 is 74.0. The van der Waals surface area contributed by atoms with Gasteiger partial charge >= 0.3 is 6.18 Å². The summed E-state index contributed by atoms with van der Waals surface area (Å²) in [6.07, 6.45) is 0.0759. The number of rotatable bonds is 4. The maximum absolute atomic E-state index is 13.2. The lowest BCUT2D eigenvalue weighted by atomic mass is 9.95. The molecule has 0 saturated carbocycles. The van der Waals surface area contributed by atoms with Gasteiger partial charge < -0.3 is 0 Å². The average molecular weight is 398 g/mol. The van der Waals surface area contributed by atoms with Crippen LogP contribution < -0.4 is 5.14 Å². The predicted octanol–water partition coefficient (Wildman–Crippen LogP) is 3.81. The van der Waals surface area contributed by atoms with Crippen LogP contribution in [0.3, 0.4) is 0 Å². The average Bonchev–Trinajstić information content (AvgIpc) is 3.05. The molecular weight excluding hydrogens is 384 g/mol. The van der Waals surface area contributed by atoms with E-state index in [2.05, 4.69) is 4.98 Å². The van der Waals surface area contributed by atoms with Gasteiger partial charge in [0.15, 0.2) is 5.03 Å². The monoisotopic (exact) mass is 398 g/mol. The molecule has 1 atom stereocenters. The second-order valence-corrected chi connectivity index (χ2v) is 7.49. The van der Waals surface area contributed by atoms with Crippen LogP contribution in [0, 0.1) is 5.92 Å². The molecule has 0 saturated heterocycles. The highest BCUT2D eigenvalue weighted by Crippen LogP contribution is 2.39. The zero-order chi connectivity index (χ0) is 19.8. The third kappa shape index (κ3) is 4.09. The maximum Gasteiger partial charge on any atom is 0.416 e. The van der Waals surface area contributed by atoms with Crippen LogP contribution in [0.2, 0.25) is 0 Å². The van der Waals surface area contributed by atoms with Crippen LogP contribution in [-0.4, -0.2) is 20.1 Å². The summed E-state index contributed by atoms with van der Waals surface area (Å²) in [6, 6.07) is 7.23. The Balaban J connectivity index is 1.98. The largest absolute Gasteiger partial charge is 0.416 e. The minimum absolute atomic E-state index is 0.313. The standard InChI is InChI=1S/C18H14F4N2O2S/c19-9-11-7-15(12-1-4-14(5-2-12)18(20,21)22)16(8-11)13-3-6-17(24-10-13)27(23,25)26/h1-8,10-11H,9H2,(H2,23,25,26). The van der Waals surface area contributed by atoms with Gasteiger partial charge in [-0.3, -0.25) is 4.39 Å². The second-order valence-electron chi connectivity index (χ2n) is 5.98. The number of hydrogen-bond donors (Lipinski definition) is 1.